The molecule has 0 amide bonds. The molecule has 2 heterocycles. The number of hydrogen-bond donors (Lipinski definition) is 1. The maximum atomic E-state index is 13.2. The molecule has 0 aliphatic carbocycles. The molecule has 0 bridgehead atoms. The van der Waals surface area contributed by atoms with Crippen LogP contribution in [-0.4, -0.2) is 14.8 Å². The topological polar surface area (TPSA) is 42.7 Å². The Morgan fingerprint density at radius 1 is 1.12 bits per heavy atom. The van der Waals surface area contributed by atoms with E-state index < -0.39 is 29.2 Å². The highest BCUT2D eigenvalue weighted by molar-refractivity contribution is 5.56. The van der Waals surface area contributed by atoms with Crippen LogP contribution in [0, 0.1) is 23.5 Å². The van der Waals surface area contributed by atoms with Crippen molar-refractivity contribution in [3.8, 4) is 0 Å². The molecule has 0 saturated carbocycles. The van der Waals surface area contributed by atoms with Gasteiger partial charge in [-0.05, 0) is 0 Å². The lowest BCUT2D eigenvalue weighted by molar-refractivity contribution is 0.411. The summed E-state index contributed by atoms with van der Waals surface area (Å²) < 4.78 is 53.3. The number of nitrogens with zero attached hydrogens (tertiary/aromatic N) is 3. The van der Waals surface area contributed by atoms with E-state index in [2.05, 4.69) is 15.4 Å². The molecule has 90 valence electrons. The van der Waals surface area contributed by atoms with Gasteiger partial charge in [-0.1, -0.05) is 0 Å². The number of aromatic nitrogens is 3. The van der Waals surface area contributed by atoms with Crippen LogP contribution in [0.3, 0.4) is 0 Å². The van der Waals surface area contributed by atoms with E-state index in [0.717, 1.165) is 0 Å². The van der Waals surface area contributed by atoms with Crippen LogP contribution >= 0.6 is 0 Å². The standard InChI is InChI=1S/C9H6F4N4/c1-17-3-2-4(16-17)14-7-5(10)8(12)15-9(13)6(7)11/h2-3H,1H3,(H,14,15,16). The van der Waals surface area contributed by atoms with Crippen molar-refractivity contribution in [2.45, 2.75) is 0 Å². The fourth-order valence-electron chi connectivity index (χ4n) is 1.21. The van der Waals surface area contributed by atoms with Crippen molar-refractivity contribution >= 4 is 11.5 Å². The van der Waals surface area contributed by atoms with Crippen LogP contribution < -0.4 is 5.32 Å². The summed E-state index contributed by atoms with van der Waals surface area (Å²) in [6, 6.07) is 1.38. The van der Waals surface area contributed by atoms with Crippen LogP contribution in [0.2, 0.25) is 0 Å². The van der Waals surface area contributed by atoms with E-state index in [0.29, 0.717) is 0 Å². The number of aryl methyl sites for hydroxylation is 1. The highest BCUT2D eigenvalue weighted by Gasteiger charge is 2.21. The predicted octanol–water partition coefficient (Wildman–Crippen LogP) is 2.12. The lowest BCUT2D eigenvalue weighted by Crippen LogP contribution is -2.06. The molecule has 2 rings (SSSR count). The molecule has 17 heavy (non-hydrogen) atoms. The molecule has 0 unspecified atom stereocenters. The first-order valence-electron chi connectivity index (χ1n) is 4.45. The molecule has 0 radical (unpaired) electrons. The van der Waals surface area contributed by atoms with E-state index in [4.69, 9.17) is 0 Å². The Labute approximate surface area is 92.9 Å². The maximum Gasteiger partial charge on any atom is 0.253 e. The normalized spacial score (nSPS) is 10.6. The van der Waals surface area contributed by atoms with Gasteiger partial charge in [0.1, 0.15) is 5.69 Å². The summed E-state index contributed by atoms with van der Waals surface area (Å²) in [6.45, 7) is 0. The molecule has 0 atom stereocenters. The Hall–Kier alpha value is -2.12. The third kappa shape index (κ3) is 2.05. The summed E-state index contributed by atoms with van der Waals surface area (Å²) in [5.74, 6) is -6.59. The number of nitrogens with one attached hydrogen (secondary N) is 1. The Kier molecular flexibility index (Phi) is 2.70. The van der Waals surface area contributed by atoms with E-state index in [1.54, 1.807) is 7.05 Å². The van der Waals surface area contributed by atoms with Crippen molar-refractivity contribution in [1.29, 1.82) is 0 Å². The van der Waals surface area contributed by atoms with Gasteiger partial charge < -0.3 is 5.32 Å². The van der Waals surface area contributed by atoms with Gasteiger partial charge >= 0.3 is 0 Å². The summed E-state index contributed by atoms with van der Waals surface area (Å²) in [5, 5.41) is 5.90. The van der Waals surface area contributed by atoms with Crippen LogP contribution in [-0.2, 0) is 7.05 Å². The van der Waals surface area contributed by atoms with E-state index >= 15 is 0 Å². The van der Waals surface area contributed by atoms with Gasteiger partial charge in [-0.3, -0.25) is 4.68 Å². The molecule has 0 spiro atoms. The van der Waals surface area contributed by atoms with E-state index in [-0.39, 0.29) is 5.82 Å². The van der Waals surface area contributed by atoms with Gasteiger partial charge in [0.05, 0.1) is 0 Å². The van der Waals surface area contributed by atoms with E-state index in [1.807, 2.05) is 0 Å². The molecule has 2 aromatic heterocycles. The maximum absolute atomic E-state index is 13.2. The average molecular weight is 246 g/mol. The highest BCUT2D eigenvalue weighted by Crippen LogP contribution is 2.24. The van der Waals surface area contributed by atoms with Gasteiger partial charge in [0, 0.05) is 19.3 Å². The minimum Gasteiger partial charge on any atom is -0.334 e. The fourth-order valence-corrected chi connectivity index (χ4v) is 1.21. The second-order valence-electron chi connectivity index (χ2n) is 3.20. The average Bonchev–Trinajstić information content (AvgIpc) is 2.68. The predicted molar refractivity (Wildman–Crippen MR) is 50.6 cm³/mol. The van der Waals surface area contributed by atoms with Crippen molar-refractivity contribution in [1.82, 2.24) is 14.8 Å². The third-order valence-corrected chi connectivity index (χ3v) is 1.96. The summed E-state index contributed by atoms with van der Waals surface area (Å²) in [4.78, 5) is 2.43. The zero-order valence-corrected chi connectivity index (χ0v) is 8.51. The van der Waals surface area contributed by atoms with E-state index in [1.165, 1.54) is 16.9 Å². The quantitative estimate of drug-likeness (QED) is 0.652. The largest absolute Gasteiger partial charge is 0.334 e. The number of halogens is 4. The lowest BCUT2D eigenvalue weighted by atomic mass is 10.3. The first kappa shape index (κ1) is 11.4. The molecule has 8 heteroatoms. The zero-order chi connectivity index (χ0) is 12.6. The van der Waals surface area contributed by atoms with Crippen molar-refractivity contribution in [3.63, 3.8) is 0 Å². The van der Waals surface area contributed by atoms with Gasteiger partial charge in [0.2, 0.25) is 11.6 Å². The Bertz CT molecular complexity index is 540. The summed E-state index contributed by atoms with van der Waals surface area (Å²) in [5.41, 5.74) is -0.964. The highest BCUT2D eigenvalue weighted by atomic mass is 19.2. The molecular weight excluding hydrogens is 240 g/mol. The van der Waals surface area contributed by atoms with E-state index in [9.17, 15) is 17.6 Å². The SMILES string of the molecule is Cn1ccc(Nc2c(F)c(F)nc(F)c2F)n1. The fraction of sp³-hybridized carbons (Fsp3) is 0.111. The molecule has 0 saturated heterocycles. The third-order valence-electron chi connectivity index (χ3n) is 1.96. The van der Waals surface area contributed by atoms with Crippen LogP contribution in [0.25, 0.3) is 0 Å². The van der Waals surface area contributed by atoms with Gasteiger partial charge in [0.15, 0.2) is 5.82 Å². The summed E-state index contributed by atoms with van der Waals surface area (Å²) >= 11 is 0. The Morgan fingerprint density at radius 3 is 2.18 bits per heavy atom. The van der Waals surface area contributed by atoms with Crippen molar-refractivity contribution in [3.05, 3.63) is 35.8 Å². The number of hydrogen-bond acceptors (Lipinski definition) is 3. The molecule has 0 aliphatic rings. The van der Waals surface area contributed by atoms with Gasteiger partial charge in [-0.15, -0.1) is 0 Å². The second kappa shape index (κ2) is 4.04. The van der Waals surface area contributed by atoms with Crippen molar-refractivity contribution in [2.24, 2.45) is 7.05 Å². The monoisotopic (exact) mass is 246 g/mol. The number of rotatable bonds is 2. The minimum absolute atomic E-state index is 0.0512. The molecule has 2 aromatic rings. The molecule has 0 aromatic carbocycles. The van der Waals surface area contributed by atoms with Crippen molar-refractivity contribution in [2.75, 3.05) is 5.32 Å². The lowest BCUT2D eigenvalue weighted by Gasteiger charge is -2.06. The molecule has 4 nitrogen and oxygen atoms in total. The molecule has 0 aliphatic heterocycles. The first-order valence-corrected chi connectivity index (χ1v) is 4.45. The Balaban J connectivity index is 2.45. The molecular formula is C9H6F4N4. The summed E-state index contributed by atoms with van der Waals surface area (Å²) in [6.07, 6.45) is 1.49. The van der Waals surface area contributed by atoms with Crippen LogP contribution in [0.15, 0.2) is 12.3 Å². The van der Waals surface area contributed by atoms with Crippen LogP contribution in [0.5, 0.6) is 0 Å². The van der Waals surface area contributed by atoms with Gasteiger partial charge in [-0.25, -0.2) is 0 Å². The Morgan fingerprint density at radius 2 is 1.71 bits per heavy atom. The second-order valence-corrected chi connectivity index (χ2v) is 3.20. The van der Waals surface area contributed by atoms with Crippen molar-refractivity contribution < 1.29 is 17.6 Å². The minimum atomic E-state index is -1.72. The smallest absolute Gasteiger partial charge is 0.253 e. The zero-order valence-electron chi connectivity index (χ0n) is 8.51. The molecule has 1 N–H and O–H groups in total. The van der Waals surface area contributed by atoms with Crippen LogP contribution in [0.4, 0.5) is 29.1 Å². The number of pyridine rings is 1. The van der Waals surface area contributed by atoms with Gasteiger partial charge in [-0.2, -0.15) is 27.6 Å². The molecule has 0 fully saturated rings. The first-order chi connectivity index (χ1) is 7.99. The number of anilines is 2. The summed E-state index contributed by atoms with van der Waals surface area (Å²) in [7, 11) is 1.58. The van der Waals surface area contributed by atoms with Gasteiger partial charge in [0.25, 0.3) is 11.9 Å². The van der Waals surface area contributed by atoms with Crippen LogP contribution in [0.1, 0.15) is 0 Å².